The van der Waals surface area contributed by atoms with E-state index in [4.69, 9.17) is 0 Å². The van der Waals surface area contributed by atoms with Crippen LogP contribution < -0.4 is 10.0 Å². The fourth-order valence-electron chi connectivity index (χ4n) is 4.00. The van der Waals surface area contributed by atoms with Gasteiger partial charge in [0.2, 0.25) is 0 Å². The van der Waals surface area contributed by atoms with Gasteiger partial charge in [-0.1, -0.05) is 16.3 Å². The Morgan fingerprint density at radius 2 is 1.83 bits per heavy atom. The largest absolute Gasteiger partial charge is 0.593 e. The monoisotopic (exact) mass is 439 g/mol. The van der Waals surface area contributed by atoms with Crippen molar-refractivity contribution in [1.29, 1.82) is 0 Å². The molecule has 0 bridgehead atoms. The number of fused-ring (bicyclic) bond motifs is 1. The Kier molecular flexibility index (Phi) is 5.11. The van der Waals surface area contributed by atoms with Crippen LogP contribution >= 0.6 is 0 Å². The smallest absolute Gasteiger partial charge is 0.416 e. The number of nitrogens with zero attached hydrogens (tertiary/aromatic N) is 1. The zero-order chi connectivity index (χ0) is 21.6. The molecule has 10 heteroatoms. The lowest BCUT2D eigenvalue weighted by Gasteiger charge is -2.42. The van der Waals surface area contributed by atoms with Gasteiger partial charge in [0.15, 0.2) is 15.3 Å². The van der Waals surface area contributed by atoms with Crippen molar-refractivity contribution in [2.45, 2.75) is 29.5 Å². The number of rotatable bonds is 1. The summed E-state index contributed by atoms with van der Waals surface area (Å²) in [5.74, 6) is -0.427. The van der Waals surface area contributed by atoms with Gasteiger partial charge in [-0.2, -0.15) is 13.2 Å². The van der Waals surface area contributed by atoms with E-state index in [1.807, 2.05) is 0 Å². The highest BCUT2D eigenvalue weighted by molar-refractivity contribution is 7.96. The number of carbonyl (C=O) groups excluding carboxylic acids is 1. The van der Waals surface area contributed by atoms with Crippen LogP contribution in [0, 0.1) is 0 Å². The second kappa shape index (κ2) is 7.36. The van der Waals surface area contributed by atoms with Crippen LogP contribution in [0.1, 0.15) is 28.8 Å². The molecular weight excluding hydrogens is 419 g/mol. The van der Waals surface area contributed by atoms with E-state index < -0.39 is 33.6 Å². The van der Waals surface area contributed by atoms with Crippen LogP contribution in [0.5, 0.6) is 0 Å². The van der Waals surface area contributed by atoms with Crippen LogP contribution in [0.25, 0.3) is 0 Å². The van der Waals surface area contributed by atoms with Crippen LogP contribution in [-0.4, -0.2) is 40.5 Å². The molecule has 6 nitrogen and oxygen atoms in total. The van der Waals surface area contributed by atoms with Crippen LogP contribution in [0.3, 0.4) is 0 Å². The fourth-order valence-corrected chi connectivity index (χ4v) is 5.61. The molecule has 160 valence electrons. The molecule has 1 saturated heterocycles. The van der Waals surface area contributed by atoms with Crippen molar-refractivity contribution < 1.29 is 26.7 Å². The number of para-hydroxylation sites is 1. The van der Waals surface area contributed by atoms with E-state index in [1.54, 1.807) is 18.2 Å². The van der Waals surface area contributed by atoms with Gasteiger partial charge in [0.25, 0.3) is 5.91 Å². The first-order valence-corrected chi connectivity index (χ1v) is 10.9. The van der Waals surface area contributed by atoms with E-state index in [2.05, 4.69) is 10.0 Å². The number of halogens is 3. The van der Waals surface area contributed by atoms with Crippen molar-refractivity contribution in [2.24, 2.45) is 0 Å². The highest BCUT2D eigenvalue weighted by atomic mass is 32.3. The van der Waals surface area contributed by atoms with Crippen molar-refractivity contribution in [2.75, 3.05) is 25.0 Å². The van der Waals surface area contributed by atoms with Gasteiger partial charge >= 0.3 is 6.18 Å². The summed E-state index contributed by atoms with van der Waals surface area (Å²) in [6.07, 6.45) is -3.38. The first kappa shape index (κ1) is 20.8. The third-order valence-electron chi connectivity index (χ3n) is 5.47. The summed E-state index contributed by atoms with van der Waals surface area (Å²) < 4.78 is 66.8. The van der Waals surface area contributed by atoms with Crippen molar-refractivity contribution in [3.8, 4) is 0 Å². The highest BCUT2D eigenvalue weighted by Gasteiger charge is 2.46. The van der Waals surface area contributed by atoms with Crippen LogP contribution in [0.4, 0.5) is 18.9 Å². The van der Waals surface area contributed by atoms with Gasteiger partial charge in [-0.15, -0.1) is 4.72 Å². The molecule has 30 heavy (non-hydrogen) atoms. The van der Waals surface area contributed by atoms with Crippen molar-refractivity contribution in [1.82, 2.24) is 9.62 Å². The molecule has 2 aliphatic rings. The number of carbonyl (C=O) groups is 1. The second-order valence-corrected chi connectivity index (χ2v) is 9.29. The first-order valence-electron chi connectivity index (χ1n) is 9.43. The zero-order valence-corrected chi connectivity index (χ0v) is 16.7. The summed E-state index contributed by atoms with van der Waals surface area (Å²) in [5, 5.41) is 3.16. The molecule has 0 aliphatic carbocycles. The average molecular weight is 439 g/mol. The van der Waals surface area contributed by atoms with Gasteiger partial charge in [-0.05, 0) is 49.2 Å². The number of anilines is 1. The predicted molar refractivity (Wildman–Crippen MR) is 104 cm³/mol. The molecule has 4 rings (SSSR count). The molecule has 2 aliphatic heterocycles. The maximum absolute atomic E-state index is 12.9. The van der Waals surface area contributed by atoms with Gasteiger partial charge in [0.05, 0.1) is 16.8 Å². The topological polar surface area (TPSA) is 84.5 Å². The van der Waals surface area contributed by atoms with E-state index in [0.29, 0.717) is 31.6 Å². The number of likely N-dealkylation sites (tertiary alicyclic amines) is 1. The Bertz CT molecular complexity index is 1010. The number of piperidine rings is 1. The summed E-state index contributed by atoms with van der Waals surface area (Å²) in [6, 6.07) is 10.6. The number of hydrogen-bond acceptors (Lipinski definition) is 4. The SMILES string of the molecule is O=C(c1ccc(C(F)(F)F)cc1)N1CCCC2(CNc3ccccc3[S+](=O)([O-])N2)C1. The molecule has 1 amide bonds. The minimum absolute atomic E-state index is 0.118. The molecule has 0 saturated carbocycles. The molecule has 1 fully saturated rings. The van der Waals surface area contributed by atoms with E-state index in [9.17, 15) is 26.7 Å². The fraction of sp³-hybridized carbons (Fsp3) is 0.350. The number of hydrogen-bond donors (Lipinski definition) is 2. The molecule has 2 N–H and O–H groups in total. The van der Waals surface area contributed by atoms with E-state index in [0.717, 1.165) is 24.3 Å². The number of benzene rings is 2. The standard InChI is InChI=1S/C20H20F3N3O3S/c21-20(22,23)15-8-6-14(7-9-15)18(27)26-11-3-10-19(13-26)12-24-16-4-1-2-5-17(16)30(28,29)25-19/h1-2,4-9H,3,10-13H2,(H2-,24,25,28,29). The molecular formula is C20H20F3N3O3S. The third-order valence-corrected chi connectivity index (χ3v) is 7.10. The van der Waals surface area contributed by atoms with Crippen LogP contribution in [0.15, 0.2) is 53.4 Å². The van der Waals surface area contributed by atoms with E-state index >= 15 is 0 Å². The van der Waals surface area contributed by atoms with Crippen LogP contribution in [-0.2, 0) is 20.8 Å². The van der Waals surface area contributed by atoms with Gasteiger partial charge in [0.1, 0.15) is 0 Å². The number of nitrogens with one attached hydrogen (secondary N) is 2. The number of sulfonamides is 1. The lowest BCUT2D eigenvalue weighted by Crippen LogP contribution is -2.63. The van der Waals surface area contributed by atoms with Crippen molar-refractivity contribution in [3.63, 3.8) is 0 Å². The second-order valence-electron chi connectivity index (χ2n) is 7.64. The molecule has 2 aromatic carbocycles. The summed E-state index contributed by atoms with van der Waals surface area (Å²) >= 11 is 0. The van der Waals surface area contributed by atoms with Crippen molar-refractivity contribution >= 4 is 22.0 Å². The summed E-state index contributed by atoms with van der Waals surface area (Å²) in [6.45, 7) is 0.809. The highest BCUT2D eigenvalue weighted by Crippen LogP contribution is 2.34. The van der Waals surface area contributed by atoms with Crippen molar-refractivity contribution in [3.05, 3.63) is 59.7 Å². The number of amides is 1. The van der Waals surface area contributed by atoms with E-state index in [-0.39, 0.29) is 17.0 Å². The molecule has 0 aromatic heterocycles. The first-order chi connectivity index (χ1) is 14.1. The Morgan fingerprint density at radius 1 is 1.13 bits per heavy atom. The molecule has 1 spiro atoms. The van der Waals surface area contributed by atoms with Gasteiger partial charge in [-0.3, -0.25) is 4.79 Å². The van der Waals surface area contributed by atoms with Crippen LogP contribution in [0.2, 0.25) is 0 Å². The van der Waals surface area contributed by atoms with Gasteiger partial charge in [0, 0.05) is 25.2 Å². The van der Waals surface area contributed by atoms with Gasteiger partial charge in [-0.25, -0.2) is 0 Å². The minimum atomic E-state index is -4.48. The maximum Gasteiger partial charge on any atom is 0.416 e. The average Bonchev–Trinajstić information content (AvgIpc) is 2.81. The summed E-state index contributed by atoms with van der Waals surface area (Å²) in [5.41, 5.74) is -1.11. The maximum atomic E-state index is 12.9. The Balaban J connectivity index is 1.56. The zero-order valence-electron chi connectivity index (χ0n) is 15.9. The van der Waals surface area contributed by atoms with E-state index in [1.165, 1.54) is 11.0 Å². The molecule has 2 atom stereocenters. The number of alkyl halides is 3. The summed E-state index contributed by atoms with van der Waals surface area (Å²) in [7, 11) is -3.80. The quantitative estimate of drug-likeness (QED) is 0.668. The Hall–Kier alpha value is -2.43. The molecule has 2 unspecified atom stereocenters. The normalized spacial score (nSPS) is 26.6. The molecule has 2 aromatic rings. The lowest BCUT2D eigenvalue weighted by molar-refractivity contribution is -0.137. The molecule has 0 radical (unpaired) electrons. The Labute approximate surface area is 172 Å². The third kappa shape index (κ3) is 3.94. The molecule has 2 heterocycles. The minimum Gasteiger partial charge on any atom is -0.593 e. The Morgan fingerprint density at radius 3 is 2.53 bits per heavy atom. The lowest BCUT2D eigenvalue weighted by atomic mass is 9.89. The predicted octanol–water partition coefficient (Wildman–Crippen LogP) is 3.30. The summed E-state index contributed by atoms with van der Waals surface area (Å²) in [4.78, 5) is 14.5. The van der Waals surface area contributed by atoms with Gasteiger partial charge < -0.3 is 14.8 Å².